The molecule has 2 unspecified atom stereocenters. The van der Waals surface area contributed by atoms with Gasteiger partial charge in [-0.15, -0.1) is 0 Å². The molecule has 1 saturated heterocycles. The number of carboxylic acid groups (broad SMARTS) is 1. The second-order valence-electron chi connectivity index (χ2n) is 5.53. The van der Waals surface area contributed by atoms with E-state index in [1.165, 1.54) is 17.0 Å². The van der Waals surface area contributed by atoms with E-state index in [0.717, 1.165) is 5.56 Å². The Morgan fingerprint density at radius 3 is 2.55 bits per heavy atom. The molecule has 5 nitrogen and oxygen atoms in total. The lowest BCUT2D eigenvalue weighted by molar-refractivity contribution is -0.167. The molecule has 0 aliphatic carbocycles. The van der Waals surface area contributed by atoms with Crippen molar-refractivity contribution in [2.75, 3.05) is 13.1 Å². The van der Waals surface area contributed by atoms with Crippen LogP contribution in [0.4, 0.5) is 4.39 Å². The molecule has 1 amide bonds. The average Bonchev–Trinajstić information content (AvgIpc) is 2.49. The van der Waals surface area contributed by atoms with Crippen LogP contribution in [-0.4, -0.2) is 47.2 Å². The van der Waals surface area contributed by atoms with Crippen molar-refractivity contribution < 1.29 is 23.8 Å². The molecule has 1 aromatic rings. The summed E-state index contributed by atoms with van der Waals surface area (Å²) in [7, 11) is 0. The molecule has 120 valence electrons. The zero-order chi connectivity index (χ0) is 16.3. The Hall–Kier alpha value is -1.95. The van der Waals surface area contributed by atoms with Crippen molar-refractivity contribution in [1.82, 2.24) is 4.90 Å². The summed E-state index contributed by atoms with van der Waals surface area (Å²) in [6.45, 7) is 4.02. The number of hydrogen-bond acceptors (Lipinski definition) is 3. The average molecular weight is 309 g/mol. The van der Waals surface area contributed by atoms with E-state index in [-0.39, 0.29) is 24.4 Å². The lowest BCUT2D eigenvalue weighted by Gasteiger charge is -2.36. The van der Waals surface area contributed by atoms with Crippen molar-refractivity contribution in [1.29, 1.82) is 0 Å². The number of morpholine rings is 1. The number of carbonyl (C=O) groups excluding carboxylic acids is 1. The summed E-state index contributed by atoms with van der Waals surface area (Å²) in [5.41, 5.74) is 0.736. The number of carbonyl (C=O) groups is 2. The lowest BCUT2D eigenvalue weighted by atomic mass is 9.94. The van der Waals surface area contributed by atoms with E-state index < -0.39 is 18.0 Å². The minimum Gasteiger partial charge on any atom is -0.479 e. The molecule has 6 heteroatoms. The first kappa shape index (κ1) is 16.4. The van der Waals surface area contributed by atoms with Gasteiger partial charge in [0.2, 0.25) is 5.91 Å². The van der Waals surface area contributed by atoms with E-state index >= 15 is 0 Å². The van der Waals surface area contributed by atoms with Crippen molar-refractivity contribution >= 4 is 11.9 Å². The summed E-state index contributed by atoms with van der Waals surface area (Å²) >= 11 is 0. The number of aliphatic carboxylic acids is 1. The van der Waals surface area contributed by atoms with Crippen LogP contribution in [0.2, 0.25) is 0 Å². The maximum Gasteiger partial charge on any atom is 0.334 e. The van der Waals surface area contributed by atoms with Gasteiger partial charge in [-0.1, -0.05) is 19.1 Å². The van der Waals surface area contributed by atoms with Crippen molar-refractivity contribution in [2.24, 2.45) is 0 Å². The first-order valence-electron chi connectivity index (χ1n) is 7.34. The highest BCUT2D eigenvalue weighted by Gasteiger charge is 2.35. The first-order valence-corrected chi connectivity index (χ1v) is 7.34. The maximum absolute atomic E-state index is 13.0. The van der Waals surface area contributed by atoms with Crippen LogP contribution < -0.4 is 0 Å². The van der Waals surface area contributed by atoms with Crippen LogP contribution in [0.3, 0.4) is 0 Å². The van der Waals surface area contributed by atoms with Crippen LogP contribution in [0.1, 0.15) is 31.7 Å². The number of rotatable bonds is 4. The van der Waals surface area contributed by atoms with Gasteiger partial charge in [-0.3, -0.25) is 4.79 Å². The molecule has 1 heterocycles. The maximum atomic E-state index is 13.0. The van der Waals surface area contributed by atoms with Crippen LogP contribution >= 0.6 is 0 Å². The fourth-order valence-electron chi connectivity index (χ4n) is 2.74. The number of benzene rings is 1. The second kappa shape index (κ2) is 6.87. The third-order valence-corrected chi connectivity index (χ3v) is 3.83. The predicted molar refractivity (Wildman–Crippen MR) is 78.0 cm³/mol. The Morgan fingerprint density at radius 1 is 1.36 bits per heavy atom. The summed E-state index contributed by atoms with van der Waals surface area (Å²) in [6, 6.07) is 5.85. The molecule has 0 bridgehead atoms. The van der Waals surface area contributed by atoms with E-state index in [2.05, 4.69) is 0 Å². The number of halogens is 1. The molecule has 0 aromatic heterocycles. The minimum absolute atomic E-state index is 0.0379. The smallest absolute Gasteiger partial charge is 0.334 e. The molecule has 2 rings (SSSR count). The number of nitrogens with zero attached hydrogens (tertiary/aromatic N) is 1. The van der Waals surface area contributed by atoms with Gasteiger partial charge >= 0.3 is 5.97 Å². The number of amides is 1. The lowest BCUT2D eigenvalue weighted by Crippen LogP contribution is -2.52. The van der Waals surface area contributed by atoms with Crippen LogP contribution in [0.5, 0.6) is 0 Å². The molecule has 3 atom stereocenters. The highest BCUT2D eigenvalue weighted by Crippen LogP contribution is 2.24. The number of carboxylic acids is 1. The largest absolute Gasteiger partial charge is 0.479 e. The summed E-state index contributed by atoms with van der Waals surface area (Å²) in [5.74, 6) is -1.97. The Kier molecular flexibility index (Phi) is 5.13. The molecule has 1 aliphatic rings. The van der Waals surface area contributed by atoms with Crippen molar-refractivity contribution in [3.8, 4) is 0 Å². The summed E-state index contributed by atoms with van der Waals surface area (Å²) < 4.78 is 18.3. The van der Waals surface area contributed by atoms with Crippen LogP contribution in [-0.2, 0) is 14.3 Å². The van der Waals surface area contributed by atoms with E-state index in [1.54, 1.807) is 19.1 Å². The van der Waals surface area contributed by atoms with Crippen molar-refractivity contribution in [2.45, 2.75) is 38.4 Å². The van der Waals surface area contributed by atoms with Crippen LogP contribution in [0, 0.1) is 5.82 Å². The predicted octanol–water partition coefficient (Wildman–Crippen LogP) is 2.02. The molecule has 1 aromatic carbocycles. The summed E-state index contributed by atoms with van der Waals surface area (Å²) in [6.07, 6.45) is -0.767. The van der Waals surface area contributed by atoms with Crippen LogP contribution in [0.25, 0.3) is 0 Å². The van der Waals surface area contributed by atoms with Gasteiger partial charge in [-0.05, 0) is 31.0 Å². The Balaban J connectivity index is 2.17. The van der Waals surface area contributed by atoms with Gasteiger partial charge in [-0.2, -0.15) is 0 Å². The van der Waals surface area contributed by atoms with Gasteiger partial charge in [0.15, 0.2) is 6.10 Å². The van der Waals surface area contributed by atoms with Gasteiger partial charge in [0.1, 0.15) is 5.82 Å². The quantitative estimate of drug-likeness (QED) is 0.924. The van der Waals surface area contributed by atoms with Crippen molar-refractivity contribution in [3.63, 3.8) is 0 Å². The Morgan fingerprint density at radius 2 is 2.00 bits per heavy atom. The Bertz CT molecular complexity index is 546. The van der Waals surface area contributed by atoms with Gasteiger partial charge in [0.25, 0.3) is 0 Å². The third-order valence-electron chi connectivity index (χ3n) is 3.83. The van der Waals surface area contributed by atoms with Gasteiger partial charge in [-0.25, -0.2) is 9.18 Å². The van der Waals surface area contributed by atoms with Crippen LogP contribution in [0.15, 0.2) is 24.3 Å². The topological polar surface area (TPSA) is 66.8 Å². The highest BCUT2D eigenvalue weighted by molar-refractivity contribution is 5.84. The van der Waals surface area contributed by atoms with E-state index in [1.807, 2.05) is 6.92 Å². The molecule has 0 radical (unpaired) electrons. The molecule has 22 heavy (non-hydrogen) atoms. The van der Waals surface area contributed by atoms with E-state index in [0.29, 0.717) is 13.0 Å². The summed E-state index contributed by atoms with van der Waals surface area (Å²) in [5, 5.41) is 9.09. The molecule has 1 N–H and O–H groups in total. The number of ether oxygens (including phenoxy) is 1. The minimum atomic E-state index is -1.07. The van der Waals surface area contributed by atoms with Gasteiger partial charge < -0.3 is 14.7 Å². The molecule has 0 saturated carbocycles. The van der Waals surface area contributed by atoms with Crippen molar-refractivity contribution in [3.05, 3.63) is 35.6 Å². The first-order chi connectivity index (χ1) is 10.4. The zero-order valence-corrected chi connectivity index (χ0v) is 12.7. The molecule has 1 fully saturated rings. The molecular formula is C16H20FNO4. The van der Waals surface area contributed by atoms with Gasteiger partial charge in [0, 0.05) is 6.54 Å². The molecule has 0 spiro atoms. The third kappa shape index (κ3) is 3.62. The fourth-order valence-corrected chi connectivity index (χ4v) is 2.74. The number of hydrogen-bond donors (Lipinski definition) is 1. The molecule has 1 aliphatic heterocycles. The monoisotopic (exact) mass is 309 g/mol. The van der Waals surface area contributed by atoms with E-state index in [9.17, 15) is 14.0 Å². The van der Waals surface area contributed by atoms with Gasteiger partial charge in [0.05, 0.1) is 18.6 Å². The fraction of sp³-hybridized carbons (Fsp3) is 0.500. The normalized spacial score (nSPS) is 23.1. The highest BCUT2D eigenvalue weighted by atomic mass is 19.1. The SMILES string of the molecule is CCC(C(=O)N1CC(C(=O)O)O[C@H](C)C1)c1ccc(F)cc1. The Labute approximate surface area is 128 Å². The van der Waals surface area contributed by atoms with E-state index in [4.69, 9.17) is 9.84 Å². The zero-order valence-electron chi connectivity index (χ0n) is 12.7. The molecular weight excluding hydrogens is 289 g/mol. The second-order valence-corrected chi connectivity index (χ2v) is 5.53. The summed E-state index contributed by atoms with van der Waals surface area (Å²) in [4.78, 5) is 25.4. The standard InChI is InChI=1S/C16H20FNO4/c1-3-13(11-4-6-12(17)7-5-11)15(19)18-8-10(2)22-14(9-18)16(20)21/h4-7,10,13-14H,3,8-9H2,1-2H3,(H,20,21)/t10-,13?,14?/m1/s1.